The number of aromatic hydroxyl groups is 1. The first-order valence-electron chi connectivity index (χ1n) is 3.80. The summed E-state index contributed by atoms with van der Waals surface area (Å²) in [4.78, 5) is 0. The molecule has 0 bridgehead atoms. The monoisotopic (exact) mass is 194 g/mol. The van der Waals surface area contributed by atoms with Crippen LogP contribution in [0.1, 0.15) is 0 Å². The van der Waals surface area contributed by atoms with Gasteiger partial charge in [0.2, 0.25) is 0 Å². The van der Waals surface area contributed by atoms with Crippen molar-refractivity contribution in [3.8, 4) is 16.2 Å². The van der Waals surface area contributed by atoms with Crippen LogP contribution in [0, 0.1) is 5.82 Å². The molecule has 0 radical (unpaired) electrons. The summed E-state index contributed by atoms with van der Waals surface area (Å²) in [6.45, 7) is 0. The molecule has 0 aliphatic heterocycles. The van der Waals surface area contributed by atoms with Crippen molar-refractivity contribution < 1.29 is 9.50 Å². The van der Waals surface area contributed by atoms with Crippen molar-refractivity contribution in [2.75, 3.05) is 0 Å². The average Bonchev–Trinajstić information content (AvgIpc) is 2.53. The van der Waals surface area contributed by atoms with E-state index < -0.39 is 0 Å². The normalized spacial score (nSPS) is 10.2. The van der Waals surface area contributed by atoms with Gasteiger partial charge in [-0.2, -0.15) is 0 Å². The molecule has 1 aromatic heterocycles. The van der Waals surface area contributed by atoms with Crippen LogP contribution >= 0.6 is 11.3 Å². The first-order valence-corrected chi connectivity index (χ1v) is 4.68. The maximum atomic E-state index is 13.2. The van der Waals surface area contributed by atoms with Crippen molar-refractivity contribution in [1.29, 1.82) is 0 Å². The summed E-state index contributed by atoms with van der Waals surface area (Å²) in [5.41, 5.74) is 1.25. The Hall–Kier alpha value is -1.35. The van der Waals surface area contributed by atoms with Gasteiger partial charge in [0.05, 0.1) is 0 Å². The molecule has 0 amide bonds. The van der Waals surface area contributed by atoms with Gasteiger partial charge >= 0.3 is 0 Å². The SMILES string of the molecule is Oc1cc(-c2ccccc2F)cs1. The molecule has 13 heavy (non-hydrogen) atoms. The molecule has 2 aromatic rings. The lowest BCUT2D eigenvalue weighted by molar-refractivity contribution is 0.491. The van der Waals surface area contributed by atoms with Gasteiger partial charge in [-0.3, -0.25) is 0 Å². The minimum Gasteiger partial charge on any atom is -0.499 e. The van der Waals surface area contributed by atoms with Crippen LogP contribution in [-0.2, 0) is 0 Å². The third kappa shape index (κ3) is 1.55. The molecule has 2 rings (SSSR count). The topological polar surface area (TPSA) is 20.2 Å². The molecule has 0 fully saturated rings. The number of rotatable bonds is 1. The smallest absolute Gasteiger partial charge is 0.171 e. The summed E-state index contributed by atoms with van der Waals surface area (Å²) in [5, 5.41) is 11.0. The Morgan fingerprint density at radius 1 is 1.23 bits per heavy atom. The largest absolute Gasteiger partial charge is 0.499 e. The van der Waals surface area contributed by atoms with Crippen molar-refractivity contribution in [3.05, 3.63) is 41.5 Å². The average molecular weight is 194 g/mol. The Bertz CT molecular complexity index is 422. The van der Waals surface area contributed by atoms with Crippen LogP contribution in [0.3, 0.4) is 0 Å². The number of benzene rings is 1. The Morgan fingerprint density at radius 3 is 2.62 bits per heavy atom. The van der Waals surface area contributed by atoms with E-state index in [0.717, 1.165) is 5.56 Å². The zero-order chi connectivity index (χ0) is 9.26. The number of halogens is 1. The van der Waals surface area contributed by atoms with Crippen molar-refractivity contribution in [1.82, 2.24) is 0 Å². The van der Waals surface area contributed by atoms with Gasteiger partial charge < -0.3 is 5.11 Å². The van der Waals surface area contributed by atoms with Gasteiger partial charge in [-0.15, -0.1) is 11.3 Å². The van der Waals surface area contributed by atoms with E-state index in [9.17, 15) is 4.39 Å². The number of thiophene rings is 1. The van der Waals surface area contributed by atoms with Gasteiger partial charge in [-0.25, -0.2) is 4.39 Å². The molecule has 0 atom stereocenters. The van der Waals surface area contributed by atoms with Gasteiger partial charge in [0.15, 0.2) is 5.06 Å². The quantitative estimate of drug-likeness (QED) is 0.738. The second-order valence-corrected chi connectivity index (χ2v) is 3.54. The fourth-order valence-corrected chi connectivity index (χ4v) is 1.80. The van der Waals surface area contributed by atoms with Crippen molar-refractivity contribution >= 4 is 11.3 Å². The third-order valence-electron chi connectivity index (χ3n) is 1.77. The highest BCUT2D eigenvalue weighted by Crippen LogP contribution is 2.30. The predicted molar refractivity (Wildman–Crippen MR) is 51.4 cm³/mol. The summed E-state index contributed by atoms with van der Waals surface area (Å²) >= 11 is 1.20. The Balaban J connectivity index is 2.52. The predicted octanol–water partition coefficient (Wildman–Crippen LogP) is 3.26. The highest BCUT2D eigenvalue weighted by atomic mass is 32.1. The van der Waals surface area contributed by atoms with Crippen LogP contribution in [0.5, 0.6) is 5.06 Å². The van der Waals surface area contributed by atoms with Crippen LogP contribution < -0.4 is 0 Å². The van der Waals surface area contributed by atoms with E-state index in [0.29, 0.717) is 5.56 Å². The highest BCUT2D eigenvalue weighted by Gasteiger charge is 2.05. The maximum absolute atomic E-state index is 13.2. The summed E-state index contributed by atoms with van der Waals surface area (Å²) in [6.07, 6.45) is 0. The molecular weight excluding hydrogens is 187 g/mol. The fraction of sp³-hybridized carbons (Fsp3) is 0. The third-order valence-corrected chi connectivity index (χ3v) is 2.50. The molecule has 1 nitrogen and oxygen atoms in total. The lowest BCUT2D eigenvalue weighted by atomic mass is 10.1. The molecule has 1 heterocycles. The molecule has 1 N–H and O–H groups in total. The van der Waals surface area contributed by atoms with E-state index in [4.69, 9.17) is 5.11 Å². The van der Waals surface area contributed by atoms with Crippen LogP contribution in [0.2, 0.25) is 0 Å². The molecule has 0 saturated heterocycles. The Morgan fingerprint density at radius 2 is 2.00 bits per heavy atom. The fourth-order valence-electron chi connectivity index (χ4n) is 1.16. The van der Waals surface area contributed by atoms with Crippen LogP contribution in [0.4, 0.5) is 4.39 Å². The molecular formula is C10H7FOS. The minimum absolute atomic E-state index is 0.207. The summed E-state index contributed by atoms with van der Waals surface area (Å²) in [6, 6.07) is 8.07. The van der Waals surface area contributed by atoms with Crippen molar-refractivity contribution in [2.24, 2.45) is 0 Å². The van der Waals surface area contributed by atoms with E-state index >= 15 is 0 Å². The van der Waals surface area contributed by atoms with E-state index in [2.05, 4.69) is 0 Å². The molecule has 66 valence electrons. The molecule has 3 heteroatoms. The Kier molecular flexibility index (Phi) is 2.02. The minimum atomic E-state index is -0.264. The molecule has 0 saturated carbocycles. The first kappa shape index (κ1) is 8.26. The molecule has 1 aromatic carbocycles. The van der Waals surface area contributed by atoms with Gasteiger partial charge in [0.25, 0.3) is 0 Å². The standard InChI is InChI=1S/C10H7FOS/c11-9-4-2-1-3-8(9)7-5-10(12)13-6-7/h1-6,12H. The van der Waals surface area contributed by atoms with Crippen LogP contribution in [0.25, 0.3) is 11.1 Å². The Labute approximate surface area is 79.1 Å². The van der Waals surface area contributed by atoms with Gasteiger partial charge in [0, 0.05) is 10.9 Å². The lowest BCUT2D eigenvalue weighted by Gasteiger charge is -1.97. The highest BCUT2D eigenvalue weighted by molar-refractivity contribution is 7.12. The summed E-state index contributed by atoms with van der Waals surface area (Å²) < 4.78 is 13.2. The van der Waals surface area contributed by atoms with E-state index in [1.807, 2.05) is 0 Å². The lowest BCUT2D eigenvalue weighted by Crippen LogP contribution is -1.79. The second kappa shape index (κ2) is 3.18. The second-order valence-electron chi connectivity index (χ2n) is 2.65. The van der Waals surface area contributed by atoms with Crippen LogP contribution in [-0.4, -0.2) is 5.11 Å². The van der Waals surface area contributed by atoms with E-state index in [1.54, 1.807) is 29.6 Å². The number of hydrogen-bond acceptors (Lipinski definition) is 2. The zero-order valence-corrected chi connectivity index (χ0v) is 7.51. The van der Waals surface area contributed by atoms with E-state index in [1.165, 1.54) is 17.4 Å². The molecule has 0 spiro atoms. The summed E-state index contributed by atoms with van der Waals surface area (Å²) in [5.74, 6) is -0.264. The van der Waals surface area contributed by atoms with Crippen molar-refractivity contribution in [2.45, 2.75) is 0 Å². The summed E-state index contributed by atoms with van der Waals surface area (Å²) in [7, 11) is 0. The zero-order valence-electron chi connectivity index (χ0n) is 6.70. The van der Waals surface area contributed by atoms with E-state index in [-0.39, 0.29) is 10.9 Å². The maximum Gasteiger partial charge on any atom is 0.171 e. The van der Waals surface area contributed by atoms with Gasteiger partial charge in [-0.1, -0.05) is 18.2 Å². The molecule has 0 aliphatic carbocycles. The molecule has 0 aliphatic rings. The van der Waals surface area contributed by atoms with Gasteiger partial charge in [0.1, 0.15) is 5.82 Å². The first-order chi connectivity index (χ1) is 6.27. The van der Waals surface area contributed by atoms with Crippen molar-refractivity contribution in [3.63, 3.8) is 0 Å². The number of hydrogen-bond donors (Lipinski definition) is 1. The van der Waals surface area contributed by atoms with Crippen LogP contribution in [0.15, 0.2) is 35.7 Å². The van der Waals surface area contributed by atoms with Gasteiger partial charge in [-0.05, 0) is 17.7 Å². The molecule has 0 unspecified atom stereocenters.